The number of rotatable bonds is 7. The van der Waals surface area contributed by atoms with Crippen LogP contribution in [0.5, 0.6) is 0 Å². The molecule has 0 radical (unpaired) electrons. The first kappa shape index (κ1) is 23.1. The van der Waals surface area contributed by atoms with Gasteiger partial charge in [0.1, 0.15) is 0 Å². The summed E-state index contributed by atoms with van der Waals surface area (Å²) >= 11 is 5.32. The predicted octanol–water partition coefficient (Wildman–Crippen LogP) is 6.90. The zero-order valence-corrected chi connectivity index (χ0v) is 20.8. The number of halogens is 1. The molecule has 1 unspecified atom stereocenters. The van der Waals surface area contributed by atoms with Gasteiger partial charge in [-0.25, -0.2) is 0 Å². The van der Waals surface area contributed by atoms with Gasteiger partial charge in [0.05, 0.1) is 5.92 Å². The maximum Gasteiger partial charge on any atom is 0.228 e. The molecule has 1 heterocycles. The zero-order chi connectivity index (χ0) is 22.3. The number of carbonyl (C=O) groups excluding carboxylic acids is 1. The molecule has 4 rings (SSSR count). The number of hydrogen-bond acceptors (Lipinski definition) is 3. The highest BCUT2D eigenvalue weighted by molar-refractivity contribution is 9.10. The maximum atomic E-state index is 13.0. The fourth-order valence-electron chi connectivity index (χ4n) is 4.14. The van der Waals surface area contributed by atoms with Crippen LogP contribution in [0.4, 0.5) is 5.69 Å². The van der Waals surface area contributed by atoms with E-state index >= 15 is 0 Å². The third-order valence-corrected chi connectivity index (χ3v) is 7.50. The lowest BCUT2D eigenvalue weighted by molar-refractivity contribution is -0.121. The molecule has 1 atom stereocenters. The third kappa shape index (κ3) is 6.47. The highest BCUT2D eigenvalue weighted by Crippen LogP contribution is 2.26. The number of benzene rings is 3. The summed E-state index contributed by atoms with van der Waals surface area (Å²) in [5, 5.41) is 3.19. The predicted molar refractivity (Wildman–Crippen MR) is 138 cm³/mol. The Hall–Kier alpha value is -2.08. The van der Waals surface area contributed by atoms with Gasteiger partial charge >= 0.3 is 0 Å². The van der Waals surface area contributed by atoms with E-state index in [0.29, 0.717) is 0 Å². The van der Waals surface area contributed by atoms with E-state index in [1.807, 2.05) is 17.8 Å². The third-order valence-electron chi connectivity index (χ3n) is 5.89. The molecule has 1 amide bonds. The van der Waals surface area contributed by atoms with Gasteiger partial charge in [-0.3, -0.25) is 9.69 Å². The molecule has 0 spiro atoms. The number of likely N-dealkylation sites (tertiary alicyclic amines) is 1. The minimum atomic E-state index is 0.0342. The van der Waals surface area contributed by atoms with Crippen molar-refractivity contribution < 1.29 is 4.79 Å². The minimum absolute atomic E-state index is 0.0342. The first-order valence-corrected chi connectivity index (χ1v) is 12.9. The number of amides is 1. The van der Waals surface area contributed by atoms with Crippen LogP contribution in [0.3, 0.4) is 0 Å². The molecule has 1 saturated heterocycles. The van der Waals surface area contributed by atoms with Crippen molar-refractivity contribution in [3.05, 3.63) is 94.0 Å². The number of carbonyl (C=O) groups is 1. The van der Waals surface area contributed by atoms with Gasteiger partial charge in [-0.05, 0) is 73.3 Å². The van der Waals surface area contributed by atoms with Crippen LogP contribution in [0.15, 0.2) is 82.2 Å². The van der Waals surface area contributed by atoms with E-state index in [4.69, 9.17) is 0 Å². The van der Waals surface area contributed by atoms with Crippen LogP contribution in [-0.4, -0.2) is 23.9 Å². The lowest BCUT2D eigenvalue weighted by atomic mass is 9.96. The first-order valence-electron chi connectivity index (χ1n) is 11.1. The number of hydrogen-bond donors (Lipinski definition) is 1. The summed E-state index contributed by atoms with van der Waals surface area (Å²) in [5.41, 5.74) is 4.60. The van der Waals surface area contributed by atoms with Crippen molar-refractivity contribution >= 4 is 39.3 Å². The summed E-state index contributed by atoms with van der Waals surface area (Å²) in [6, 6.07) is 25.3. The van der Waals surface area contributed by atoms with Gasteiger partial charge in [0.2, 0.25) is 5.91 Å². The Kier molecular flexibility index (Phi) is 8.06. The summed E-state index contributed by atoms with van der Waals surface area (Å²) in [6.07, 6.45) is 2.01. The normalized spacial score (nSPS) is 16.6. The molecule has 5 heteroatoms. The van der Waals surface area contributed by atoms with Gasteiger partial charge in [0.15, 0.2) is 0 Å². The van der Waals surface area contributed by atoms with Crippen LogP contribution < -0.4 is 5.32 Å². The topological polar surface area (TPSA) is 32.3 Å². The summed E-state index contributed by atoms with van der Waals surface area (Å²) in [6.45, 7) is 4.83. The van der Waals surface area contributed by atoms with Crippen LogP contribution in [0.25, 0.3) is 0 Å². The lowest BCUT2D eigenvalue weighted by Gasteiger charge is -2.32. The fraction of sp³-hybridized carbons (Fsp3) is 0.296. The van der Waals surface area contributed by atoms with Crippen molar-refractivity contribution in [3.8, 4) is 0 Å². The van der Waals surface area contributed by atoms with Crippen molar-refractivity contribution in [1.82, 2.24) is 4.90 Å². The second-order valence-electron chi connectivity index (χ2n) is 8.44. The Bertz CT molecular complexity index is 1040. The molecule has 0 saturated carbocycles. The molecule has 1 fully saturated rings. The van der Waals surface area contributed by atoms with E-state index in [9.17, 15) is 4.79 Å². The number of anilines is 1. The molecular formula is C27H29BrN2OS. The molecule has 32 heavy (non-hydrogen) atoms. The van der Waals surface area contributed by atoms with E-state index in [-0.39, 0.29) is 11.8 Å². The molecular weight excluding hydrogens is 480 g/mol. The average molecular weight is 510 g/mol. The van der Waals surface area contributed by atoms with Gasteiger partial charge in [0.25, 0.3) is 0 Å². The summed E-state index contributed by atoms with van der Waals surface area (Å²) in [5.74, 6) is 1.10. The Balaban J connectivity index is 1.32. The molecule has 1 aliphatic heterocycles. The highest BCUT2D eigenvalue weighted by Gasteiger charge is 2.26. The lowest BCUT2D eigenvalue weighted by Crippen LogP contribution is -2.40. The monoisotopic (exact) mass is 508 g/mol. The summed E-state index contributed by atoms with van der Waals surface area (Å²) in [7, 11) is 0. The van der Waals surface area contributed by atoms with Crippen molar-refractivity contribution in [3.63, 3.8) is 0 Å². The molecule has 166 valence electrons. The van der Waals surface area contributed by atoms with Gasteiger partial charge in [-0.15, -0.1) is 11.8 Å². The van der Waals surface area contributed by atoms with Gasteiger partial charge in [-0.2, -0.15) is 0 Å². The summed E-state index contributed by atoms with van der Waals surface area (Å²) < 4.78 is 1.09. The smallest absolute Gasteiger partial charge is 0.228 e. The molecule has 3 nitrogen and oxygen atoms in total. The number of nitrogens with zero attached hydrogens (tertiary/aromatic N) is 1. The van der Waals surface area contributed by atoms with Crippen molar-refractivity contribution in [2.45, 2.75) is 37.0 Å². The number of aryl methyl sites for hydroxylation is 1. The second-order valence-corrected chi connectivity index (χ2v) is 10.4. The molecule has 3 aromatic rings. The Labute approximate surface area is 203 Å². The number of piperidine rings is 1. The molecule has 0 aliphatic carbocycles. The van der Waals surface area contributed by atoms with E-state index in [2.05, 4.69) is 99.8 Å². The van der Waals surface area contributed by atoms with Crippen LogP contribution in [0.1, 0.15) is 29.5 Å². The SMILES string of the molecule is Cc1cc(CSc2ccccc2)ccc1NC(=O)C1CCCN(Cc2ccc(Br)cc2)C1. The molecule has 1 aliphatic rings. The standard InChI is InChI=1S/C27H29BrN2OS/c1-20-16-22(19-32-25-7-3-2-4-8-25)11-14-26(20)29-27(31)23-6-5-15-30(18-23)17-21-9-12-24(28)13-10-21/h2-4,7-14,16,23H,5-6,15,17-19H2,1H3,(H,29,31). The minimum Gasteiger partial charge on any atom is -0.326 e. The van der Waals surface area contributed by atoms with E-state index in [1.165, 1.54) is 16.0 Å². The van der Waals surface area contributed by atoms with Crippen LogP contribution in [0, 0.1) is 12.8 Å². The van der Waals surface area contributed by atoms with Crippen molar-refractivity contribution in [1.29, 1.82) is 0 Å². The molecule has 0 bridgehead atoms. The van der Waals surface area contributed by atoms with E-state index in [1.54, 1.807) is 0 Å². The quantitative estimate of drug-likeness (QED) is 0.352. The zero-order valence-electron chi connectivity index (χ0n) is 18.4. The Morgan fingerprint density at radius 2 is 1.81 bits per heavy atom. The number of nitrogens with one attached hydrogen (secondary N) is 1. The Morgan fingerprint density at radius 3 is 2.56 bits per heavy atom. The first-order chi connectivity index (χ1) is 15.6. The average Bonchev–Trinajstić information content (AvgIpc) is 2.81. The number of thioether (sulfide) groups is 1. The van der Waals surface area contributed by atoms with Gasteiger partial charge in [0, 0.05) is 33.9 Å². The second kappa shape index (κ2) is 11.2. The van der Waals surface area contributed by atoms with Crippen molar-refractivity contribution in [2.75, 3.05) is 18.4 Å². The highest BCUT2D eigenvalue weighted by atomic mass is 79.9. The van der Waals surface area contributed by atoms with Gasteiger partial charge < -0.3 is 5.32 Å². The molecule has 3 aromatic carbocycles. The molecule has 0 aromatic heterocycles. The summed E-state index contributed by atoms with van der Waals surface area (Å²) in [4.78, 5) is 16.7. The van der Waals surface area contributed by atoms with Crippen LogP contribution >= 0.6 is 27.7 Å². The van der Waals surface area contributed by atoms with Crippen LogP contribution in [0.2, 0.25) is 0 Å². The van der Waals surface area contributed by atoms with Crippen LogP contribution in [-0.2, 0) is 17.1 Å². The van der Waals surface area contributed by atoms with Crippen molar-refractivity contribution in [2.24, 2.45) is 5.92 Å². The fourth-order valence-corrected chi connectivity index (χ4v) is 5.26. The van der Waals surface area contributed by atoms with E-state index < -0.39 is 0 Å². The molecule has 1 N–H and O–H groups in total. The largest absolute Gasteiger partial charge is 0.326 e. The van der Waals surface area contributed by atoms with Gasteiger partial charge in [-0.1, -0.05) is 58.4 Å². The maximum absolute atomic E-state index is 13.0. The van der Waals surface area contributed by atoms with E-state index in [0.717, 1.165) is 54.0 Å². The Morgan fingerprint density at radius 1 is 1.06 bits per heavy atom.